The van der Waals surface area contributed by atoms with Crippen molar-refractivity contribution in [2.75, 3.05) is 6.61 Å². The fraction of sp³-hybridized carbons (Fsp3) is 0.118. The van der Waals surface area contributed by atoms with Gasteiger partial charge in [-0.05, 0) is 41.5 Å². The summed E-state index contributed by atoms with van der Waals surface area (Å²) < 4.78 is 43.4. The van der Waals surface area contributed by atoms with Gasteiger partial charge in [-0.1, -0.05) is 24.3 Å². The van der Waals surface area contributed by atoms with E-state index in [0.717, 1.165) is 12.1 Å². The first kappa shape index (κ1) is 15.8. The third-order valence-electron chi connectivity index (χ3n) is 2.86. The SMILES string of the molecule is O=C(Cc1ccc(F)cc1)OCC=Cc1ccc(F)c(F)c1. The zero-order valence-corrected chi connectivity index (χ0v) is 11.6. The van der Waals surface area contributed by atoms with Crippen LogP contribution in [0.2, 0.25) is 0 Å². The molecule has 0 spiro atoms. The molecule has 2 aromatic carbocycles. The number of halogens is 3. The van der Waals surface area contributed by atoms with Crippen molar-refractivity contribution in [3.05, 3.63) is 77.1 Å². The van der Waals surface area contributed by atoms with Crippen molar-refractivity contribution in [3.8, 4) is 0 Å². The molecule has 0 heterocycles. The van der Waals surface area contributed by atoms with Crippen LogP contribution in [0.15, 0.2) is 48.5 Å². The van der Waals surface area contributed by atoms with Crippen molar-refractivity contribution in [2.45, 2.75) is 6.42 Å². The molecule has 2 rings (SSSR count). The molecule has 0 fully saturated rings. The molecule has 0 aromatic heterocycles. The van der Waals surface area contributed by atoms with E-state index < -0.39 is 17.6 Å². The zero-order valence-electron chi connectivity index (χ0n) is 11.6. The first-order valence-electron chi connectivity index (χ1n) is 6.56. The number of benzene rings is 2. The quantitative estimate of drug-likeness (QED) is 0.783. The van der Waals surface area contributed by atoms with E-state index in [4.69, 9.17) is 4.74 Å². The Labute approximate surface area is 125 Å². The van der Waals surface area contributed by atoms with Gasteiger partial charge in [0, 0.05) is 0 Å². The number of hydrogen-bond donors (Lipinski definition) is 0. The average Bonchev–Trinajstić information content (AvgIpc) is 2.49. The monoisotopic (exact) mass is 306 g/mol. The molecule has 0 unspecified atom stereocenters. The Hall–Kier alpha value is -2.56. The van der Waals surface area contributed by atoms with Gasteiger partial charge in [0.05, 0.1) is 6.42 Å². The minimum absolute atomic E-state index is 0.0129. The number of carbonyl (C=O) groups excluding carboxylic acids is 1. The highest BCUT2D eigenvalue weighted by atomic mass is 19.2. The largest absolute Gasteiger partial charge is 0.461 e. The van der Waals surface area contributed by atoms with E-state index in [-0.39, 0.29) is 18.8 Å². The van der Waals surface area contributed by atoms with E-state index in [9.17, 15) is 18.0 Å². The van der Waals surface area contributed by atoms with E-state index in [2.05, 4.69) is 0 Å². The van der Waals surface area contributed by atoms with Gasteiger partial charge in [-0.3, -0.25) is 4.79 Å². The molecule has 2 nitrogen and oxygen atoms in total. The van der Waals surface area contributed by atoms with Gasteiger partial charge in [0.25, 0.3) is 0 Å². The van der Waals surface area contributed by atoms with Gasteiger partial charge in [0.1, 0.15) is 12.4 Å². The van der Waals surface area contributed by atoms with Crippen LogP contribution in [0, 0.1) is 17.5 Å². The smallest absolute Gasteiger partial charge is 0.310 e. The van der Waals surface area contributed by atoms with Crippen LogP contribution in [0.1, 0.15) is 11.1 Å². The van der Waals surface area contributed by atoms with Crippen LogP contribution in [-0.2, 0) is 16.0 Å². The van der Waals surface area contributed by atoms with Gasteiger partial charge in [0.15, 0.2) is 11.6 Å². The summed E-state index contributed by atoms with van der Waals surface area (Å²) in [6.07, 6.45) is 3.09. The second-order valence-electron chi connectivity index (χ2n) is 4.56. The van der Waals surface area contributed by atoms with Crippen molar-refractivity contribution >= 4 is 12.0 Å². The van der Waals surface area contributed by atoms with Crippen LogP contribution in [0.5, 0.6) is 0 Å². The number of carbonyl (C=O) groups is 1. The Morgan fingerprint density at radius 1 is 1.00 bits per heavy atom. The second-order valence-corrected chi connectivity index (χ2v) is 4.56. The summed E-state index contributed by atoms with van der Waals surface area (Å²) in [5, 5.41) is 0. The number of ether oxygens (including phenoxy) is 1. The number of hydrogen-bond acceptors (Lipinski definition) is 2. The molecule has 0 aliphatic rings. The molecule has 22 heavy (non-hydrogen) atoms. The minimum Gasteiger partial charge on any atom is -0.461 e. The second kappa shape index (κ2) is 7.45. The van der Waals surface area contributed by atoms with Crippen LogP contribution in [0.25, 0.3) is 6.08 Å². The molecule has 0 bridgehead atoms. The van der Waals surface area contributed by atoms with Crippen molar-refractivity contribution in [1.29, 1.82) is 0 Å². The molecule has 0 aliphatic heterocycles. The molecular formula is C17H13F3O2. The fourth-order valence-corrected chi connectivity index (χ4v) is 1.76. The summed E-state index contributed by atoms with van der Waals surface area (Å²) in [7, 11) is 0. The lowest BCUT2D eigenvalue weighted by atomic mass is 10.1. The molecule has 0 N–H and O–H groups in total. The number of rotatable bonds is 5. The predicted molar refractivity (Wildman–Crippen MR) is 76.5 cm³/mol. The zero-order chi connectivity index (χ0) is 15.9. The highest BCUT2D eigenvalue weighted by Crippen LogP contribution is 2.10. The first-order valence-corrected chi connectivity index (χ1v) is 6.56. The Kier molecular flexibility index (Phi) is 5.36. The molecular weight excluding hydrogens is 293 g/mol. The summed E-state index contributed by atoms with van der Waals surface area (Å²) in [5.41, 5.74) is 1.12. The highest BCUT2D eigenvalue weighted by molar-refractivity contribution is 5.72. The van der Waals surface area contributed by atoms with Crippen LogP contribution < -0.4 is 0 Å². The Morgan fingerprint density at radius 2 is 1.73 bits per heavy atom. The van der Waals surface area contributed by atoms with Gasteiger partial charge in [-0.15, -0.1) is 0 Å². The third-order valence-corrected chi connectivity index (χ3v) is 2.86. The van der Waals surface area contributed by atoms with Crippen molar-refractivity contribution < 1.29 is 22.7 Å². The lowest BCUT2D eigenvalue weighted by molar-refractivity contribution is -0.141. The lowest BCUT2D eigenvalue weighted by Crippen LogP contribution is -2.07. The van der Waals surface area contributed by atoms with Crippen molar-refractivity contribution in [2.24, 2.45) is 0 Å². The Bertz CT molecular complexity index is 679. The topological polar surface area (TPSA) is 26.3 Å². The Balaban J connectivity index is 1.80. The summed E-state index contributed by atoms with van der Waals surface area (Å²) in [4.78, 5) is 11.5. The van der Waals surface area contributed by atoms with Gasteiger partial charge in [0.2, 0.25) is 0 Å². The molecule has 0 amide bonds. The molecule has 5 heteroatoms. The maximum Gasteiger partial charge on any atom is 0.310 e. The van der Waals surface area contributed by atoms with Crippen LogP contribution in [0.4, 0.5) is 13.2 Å². The van der Waals surface area contributed by atoms with Gasteiger partial charge in [-0.25, -0.2) is 13.2 Å². The van der Waals surface area contributed by atoms with E-state index in [0.29, 0.717) is 11.1 Å². The van der Waals surface area contributed by atoms with Crippen molar-refractivity contribution in [1.82, 2.24) is 0 Å². The molecule has 2 aromatic rings. The van der Waals surface area contributed by atoms with Crippen LogP contribution >= 0.6 is 0 Å². The fourth-order valence-electron chi connectivity index (χ4n) is 1.76. The molecule has 0 saturated heterocycles. The van der Waals surface area contributed by atoms with Gasteiger partial charge < -0.3 is 4.74 Å². The molecule has 0 radical (unpaired) electrons. The van der Waals surface area contributed by atoms with E-state index in [1.54, 1.807) is 0 Å². The summed E-state index contributed by atoms with van der Waals surface area (Å²) in [6, 6.07) is 9.04. The van der Waals surface area contributed by atoms with E-state index in [1.165, 1.54) is 42.5 Å². The summed E-state index contributed by atoms with van der Waals surface area (Å²) in [5.74, 6) is -2.67. The van der Waals surface area contributed by atoms with Crippen molar-refractivity contribution in [3.63, 3.8) is 0 Å². The van der Waals surface area contributed by atoms with E-state index in [1.807, 2.05) is 0 Å². The lowest BCUT2D eigenvalue weighted by Gasteiger charge is -2.02. The standard InChI is InChI=1S/C17H13F3O2/c18-14-6-3-13(4-7-14)11-17(21)22-9-1-2-12-5-8-15(19)16(20)10-12/h1-8,10H,9,11H2. The first-order chi connectivity index (χ1) is 10.5. The molecule has 114 valence electrons. The van der Waals surface area contributed by atoms with Crippen LogP contribution in [-0.4, -0.2) is 12.6 Å². The molecule has 0 atom stereocenters. The molecule has 0 aliphatic carbocycles. The van der Waals surface area contributed by atoms with E-state index >= 15 is 0 Å². The normalized spacial score (nSPS) is 10.9. The summed E-state index contributed by atoms with van der Waals surface area (Å²) >= 11 is 0. The minimum atomic E-state index is -0.935. The third kappa shape index (κ3) is 4.77. The van der Waals surface area contributed by atoms with Crippen LogP contribution in [0.3, 0.4) is 0 Å². The molecule has 0 saturated carbocycles. The Morgan fingerprint density at radius 3 is 2.41 bits per heavy atom. The highest BCUT2D eigenvalue weighted by Gasteiger charge is 2.04. The van der Waals surface area contributed by atoms with Gasteiger partial charge in [-0.2, -0.15) is 0 Å². The number of esters is 1. The summed E-state index contributed by atoms with van der Waals surface area (Å²) in [6.45, 7) is 0.0129. The van der Waals surface area contributed by atoms with Gasteiger partial charge >= 0.3 is 5.97 Å². The maximum atomic E-state index is 13.0. The predicted octanol–water partition coefficient (Wildman–Crippen LogP) is 3.90. The average molecular weight is 306 g/mol. The maximum absolute atomic E-state index is 13.0.